The van der Waals surface area contributed by atoms with Crippen molar-refractivity contribution >= 4 is 22.6 Å². The molecule has 5 rings (SSSR count). The topological polar surface area (TPSA) is 39.5 Å². The molecule has 0 aliphatic carbocycles. The van der Waals surface area contributed by atoms with Crippen molar-refractivity contribution in [3.8, 4) is 11.5 Å². The molecule has 3 aromatic rings. The van der Waals surface area contributed by atoms with Crippen LogP contribution < -0.4 is 9.47 Å². The first-order chi connectivity index (χ1) is 13.3. The van der Waals surface area contributed by atoms with Crippen LogP contribution in [0.5, 0.6) is 11.5 Å². The first kappa shape index (κ1) is 16.9. The summed E-state index contributed by atoms with van der Waals surface area (Å²) in [6, 6.07) is 14.3. The number of benzene rings is 2. The van der Waals surface area contributed by atoms with Gasteiger partial charge < -0.3 is 14.0 Å². The molecule has 2 aromatic carbocycles. The highest BCUT2D eigenvalue weighted by Crippen LogP contribution is 2.32. The summed E-state index contributed by atoms with van der Waals surface area (Å²) in [6.07, 6.45) is 4.26. The fraction of sp³-hybridized carbons (Fsp3) is 0.381. The number of likely N-dealkylation sites (tertiary alicyclic amines) is 1. The second kappa shape index (κ2) is 7.06. The predicted octanol–water partition coefficient (Wildman–Crippen LogP) is 4.17. The van der Waals surface area contributed by atoms with Gasteiger partial charge in [-0.25, -0.2) is 4.98 Å². The summed E-state index contributed by atoms with van der Waals surface area (Å²) in [6.45, 7) is 3.63. The molecule has 27 heavy (non-hydrogen) atoms. The van der Waals surface area contributed by atoms with E-state index in [0.29, 0.717) is 12.6 Å². The zero-order valence-electron chi connectivity index (χ0n) is 15.1. The molecule has 1 atom stereocenters. The second-order valence-corrected chi connectivity index (χ2v) is 7.75. The van der Waals surface area contributed by atoms with Crippen LogP contribution in [0.15, 0.2) is 48.8 Å². The molecule has 2 aliphatic heterocycles. The van der Waals surface area contributed by atoms with Crippen molar-refractivity contribution in [3.63, 3.8) is 0 Å². The fourth-order valence-corrected chi connectivity index (χ4v) is 4.28. The van der Waals surface area contributed by atoms with E-state index in [1.165, 1.54) is 5.52 Å². The molecule has 1 fully saturated rings. The zero-order chi connectivity index (χ0) is 18.2. The minimum atomic E-state index is 0.0904. The number of aromatic nitrogens is 2. The Morgan fingerprint density at radius 3 is 2.74 bits per heavy atom. The molecule has 0 amide bonds. The van der Waals surface area contributed by atoms with Crippen LogP contribution in [0, 0.1) is 0 Å². The van der Waals surface area contributed by atoms with Gasteiger partial charge in [0.25, 0.3) is 0 Å². The lowest BCUT2D eigenvalue weighted by molar-refractivity contribution is 0.0487. The van der Waals surface area contributed by atoms with Gasteiger partial charge in [-0.15, -0.1) is 0 Å². The third-order valence-corrected chi connectivity index (χ3v) is 5.75. The molecule has 1 aromatic heterocycles. The normalized spacial score (nSPS) is 20.9. The summed E-state index contributed by atoms with van der Waals surface area (Å²) in [7, 11) is 0. The third kappa shape index (κ3) is 3.37. The van der Waals surface area contributed by atoms with E-state index in [4.69, 9.17) is 21.1 Å². The van der Waals surface area contributed by atoms with Gasteiger partial charge in [-0.2, -0.15) is 0 Å². The Labute approximate surface area is 163 Å². The highest BCUT2D eigenvalue weighted by Gasteiger charge is 2.27. The third-order valence-electron chi connectivity index (χ3n) is 5.52. The van der Waals surface area contributed by atoms with Gasteiger partial charge in [-0.05, 0) is 43.2 Å². The van der Waals surface area contributed by atoms with Crippen molar-refractivity contribution in [1.29, 1.82) is 0 Å². The summed E-state index contributed by atoms with van der Waals surface area (Å²) in [5.74, 6) is 1.70. The van der Waals surface area contributed by atoms with Crippen molar-refractivity contribution in [2.45, 2.75) is 25.0 Å². The molecule has 5 nitrogen and oxygen atoms in total. The van der Waals surface area contributed by atoms with Gasteiger partial charge >= 0.3 is 0 Å². The highest BCUT2D eigenvalue weighted by molar-refractivity contribution is 6.31. The number of hydrogen-bond acceptors (Lipinski definition) is 4. The molecule has 6 heteroatoms. The van der Waals surface area contributed by atoms with Crippen LogP contribution in [-0.2, 0) is 0 Å². The minimum absolute atomic E-state index is 0.0904. The maximum absolute atomic E-state index is 6.11. The number of fused-ring (bicyclic) bond motifs is 2. The summed E-state index contributed by atoms with van der Waals surface area (Å²) >= 11 is 6.08. The largest absolute Gasteiger partial charge is 0.486 e. The van der Waals surface area contributed by atoms with Crippen molar-refractivity contribution in [2.24, 2.45) is 0 Å². The van der Waals surface area contributed by atoms with Crippen molar-refractivity contribution in [2.75, 3.05) is 26.2 Å². The van der Waals surface area contributed by atoms with E-state index >= 15 is 0 Å². The molecule has 0 saturated carbocycles. The van der Waals surface area contributed by atoms with E-state index in [1.54, 1.807) is 0 Å². The van der Waals surface area contributed by atoms with E-state index in [2.05, 4.69) is 20.5 Å². The summed E-state index contributed by atoms with van der Waals surface area (Å²) in [5, 5.41) is 0.735. The van der Waals surface area contributed by atoms with Crippen LogP contribution in [0.25, 0.3) is 11.0 Å². The highest BCUT2D eigenvalue weighted by atomic mass is 35.5. The molecule has 2 aliphatic rings. The van der Waals surface area contributed by atoms with Crippen molar-refractivity contribution < 1.29 is 9.47 Å². The molecule has 0 bridgehead atoms. The fourth-order valence-electron chi connectivity index (χ4n) is 4.12. The van der Waals surface area contributed by atoms with Gasteiger partial charge in [0.05, 0.1) is 17.4 Å². The van der Waals surface area contributed by atoms with Crippen LogP contribution in [0.3, 0.4) is 0 Å². The van der Waals surface area contributed by atoms with Crippen molar-refractivity contribution in [1.82, 2.24) is 14.5 Å². The zero-order valence-corrected chi connectivity index (χ0v) is 15.8. The number of halogens is 1. The van der Waals surface area contributed by atoms with Crippen LogP contribution in [-0.4, -0.2) is 46.8 Å². The Kier molecular flexibility index (Phi) is 4.42. The van der Waals surface area contributed by atoms with Crippen LogP contribution in [0.4, 0.5) is 0 Å². The number of para-hydroxylation sites is 2. The maximum Gasteiger partial charge on any atom is 0.161 e. The van der Waals surface area contributed by atoms with Gasteiger partial charge in [-0.1, -0.05) is 23.7 Å². The van der Waals surface area contributed by atoms with E-state index in [-0.39, 0.29) is 6.10 Å². The number of imidazole rings is 1. The number of piperidine rings is 1. The van der Waals surface area contributed by atoms with E-state index in [1.807, 2.05) is 42.7 Å². The molecular weight excluding hydrogens is 362 g/mol. The summed E-state index contributed by atoms with van der Waals surface area (Å²) in [4.78, 5) is 7.00. The summed E-state index contributed by atoms with van der Waals surface area (Å²) < 4.78 is 14.3. The Hall–Kier alpha value is -2.24. The van der Waals surface area contributed by atoms with Gasteiger partial charge in [0.15, 0.2) is 11.5 Å². The smallest absolute Gasteiger partial charge is 0.161 e. The maximum atomic E-state index is 6.11. The van der Waals surface area contributed by atoms with Crippen molar-refractivity contribution in [3.05, 3.63) is 53.8 Å². The lowest BCUT2D eigenvalue weighted by Crippen LogP contribution is -2.44. The molecule has 3 heterocycles. The van der Waals surface area contributed by atoms with Crippen LogP contribution in [0.1, 0.15) is 18.9 Å². The Balaban J connectivity index is 1.21. The second-order valence-electron chi connectivity index (χ2n) is 7.31. The van der Waals surface area contributed by atoms with Crippen LogP contribution in [0.2, 0.25) is 5.02 Å². The van der Waals surface area contributed by atoms with Crippen LogP contribution >= 0.6 is 11.6 Å². The number of rotatable bonds is 3. The minimum Gasteiger partial charge on any atom is -0.486 e. The molecule has 0 spiro atoms. The SMILES string of the molecule is Clc1ccc2c(c1)ncn2C1CCN(CC2COc3ccccc3O2)CC1. The average molecular weight is 384 g/mol. The van der Waals surface area contributed by atoms with Gasteiger partial charge in [-0.3, -0.25) is 4.90 Å². The van der Waals surface area contributed by atoms with Gasteiger partial charge in [0, 0.05) is 30.7 Å². The number of hydrogen-bond donors (Lipinski definition) is 0. The van der Waals surface area contributed by atoms with E-state index < -0.39 is 0 Å². The average Bonchev–Trinajstić information content (AvgIpc) is 3.11. The first-order valence-electron chi connectivity index (χ1n) is 9.49. The van der Waals surface area contributed by atoms with Gasteiger partial charge in [0.1, 0.15) is 12.7 Å². The lowest BCUT2D eigenvalue weighted by atomic mass is 10.0. The molecular formula is C21H22ClN3O2. The monoisotopic (exact) mass is 383 g/mol. The standard InChI is InChI=1S/C21H22ClN3O2/c22-15-5-6-19-18(11-15)23-14-25(19)16-7-9-24(10-8-16)12-17-13-26-20-3-1-2-4-21(20)27-17/h1-6,11,14,16-17H,7-10,12-13H2. The lowest BCUT2D eigenvalue weighted by Gasteiger charge is -2.36. The number of ether oxygens (including phenoxy) is 2. The molecule has 0 radical (unpaired) electrons. The molecule has 140 valence electrons. The Morgan fingerprint density at radius 1 is 1.07 bits per heavy atom. The van der Waals surface area contributed by atoms with Gasteiger partial charge in [0.2, 0.25) is 0 Å². The number of nitrogens with zero attached hydrogens (tertiary/aromatic N) is 3. The Morgan fingerprint density at radius 2 is 1.89 bits per heavy atom. The molecule has 1 saturated heterocycles. The van der Waals surface area contributed by atoms with E-state index in [0.717, 1.165) is 54.5 Å². The van der Waals surface area contributed by atoms with E-state index in [9.17, 15) is 0 Å². The Bertz CT molecular complexity index is 950. The predicted molar refractivity (Wildman–Crippen MR) is 106 cm³/mol. The first-order valence-corrected chi connectivity index (χ1v) is 9.87. The quantitative estimate of drug-likeness (QED) is 0.680. The summed E-state index contributed by atoms with van der Waals surface area (Å²) in [5.41, 5.74) is 2.13. The molecule has 1 unspecified atom stereocenters. The molecule has 0 N–H and O–H groups in total.